The summed E-state index contributed by atoms with van der Waals surface area (Å²) in [5.74, 6) is -0.942. The van der Waals surface area contributed by atoms with Gasteiger partial charge in [-0.3, -0.25) is 4.79 Å². The molecule has 2 fully saturated rings. The van der Waals surface area contributed by atoms with Crippen LogP contribution in [0.15, 0.2) is 59.3 Å². The van der Waals surface area contributed by atoms with Crippen LogP contribution in [0.5, 0.6) is 0 Å². The van der Waals surface area contributed by atoms with Gasteiger partial charge in [0, 0.05) is 44.3 Å². The molecule has 12 atom stereocenters. The Balaban J connectivity index is 1.54. The van der Waals surface area contributed by atoms with E-state index in [1.54, 1.807) is 7.11 Å². The van der Waals surface area contributed by atoms with E-state index in [0.717, 1.165) is 17.6 Å². The number of carbonyl (C=O) groups excluding carboxylic acids is 1. The molecule has 244 valence electrons. The van der Waals surface area contributed by atoms with Crippen molar-refractivity contribution in [1.82, 2.24) is 0 Å². The van der Waals surface area contributed by atoms with Crippen LogP contribution in [0.1, 0.15) is 74.1 Å². The Morgan fingerprint density at radius 1 is 1.05 bits per heavy atom. The van der Waals surface area contributed by atoms with Crippen molar-refractivity contribution in [1.29, 1.82) is 0 Å². The highest BCUT2D eigenvalue weighted by molar-refractivity contribution is 5.76. The average molecular weight is 611 g/mol. The topological polar surface area (TPSA) is 72.5 Å². The normalized spacial score (nSPS) is 44.9. The Hall–Kier alpha value is -2.03. The summed E-state index contributed by atoms with van der Waals surface area (Å²) in [6, 6.07) is 0. The van der Waals surface area contributed by atoms with Gasteiger partial charge >= 0.3 is 5.97 Å². The number of hydrogen-bond acceptors (Lipinski definition) is 7. The lowest BCUT2D eigenvalue weighted by molar-refractivity contribution is -0.300. The van der Waals surface area contributed by atoms with E-state index in [9.17, 15) is 4.79 Å². The minimum atomic E-state index is -0.930. The standard InChI is InChI=1S/C37H54O7/c1-9-22(3)33-25(6)16-17-37(44-33)20-29-19-28(43-37)15-14-24(5)32(40-10-2)23(4)12-11-13-27-21-41-35-31(27)30(36(38)42-29)18-26(7)34(35)39-8/h11-14,16-18,22-23,25,28-35H,9-10,15,19-21H2,1-8H3/b12-11+,24-14+,27-13+/t22?,23-,25-,28+,29-,30+,31?,32-,33+,34+,35-,37+/m0/s1. The molecule has 4 heterocycles. The molecule has 2 saturated heterocycles. The minimum Gasteiger partial charge on any atom is -0.462 e. The summed E-state index contributed by atoms with van der Waals surface area (Å²) in [5.41, 5.74) is 3.26. The molecule has 0 saturated carbocycles. The molecule has 0 radical (unpaired) electrons. The summed E-state index contributed by atoms with van der Waals surface area (Å²) in [5, 5.41) is 0. The van der Waals surface area contributed by atoms with Gasteiger partial charge < -0.3 is 28.4 Å². The van der Waals surface area contributed by atoms with E-state index in [1.165, 1.54) is 5.57 Å². The SMILES string of the molecule is CCO[C@@H]1/C(C)=C/C[C@@H]2C[C@@H](C[C@]3(C=C[C@H](C)[C@@H](C(C)CC)O3)O2)OC(=O)[C@@H]2C=C(C)[C@@H](OC)[C@H]3OC/C(=C\C=C\[C@@H]1C)C23. The minimum absolute atomic E-state index is 0.0317. The zero-order valence-corrected chi connectivity index (χ0v) is 28.0. The number of ether oxygens (including phenoxy) is 6. The molecule has 1 aliphatic carbocycles. The first-order valence-corrected chi connectivity index (χ1v) is 16.8. The van der Waals surface area contributed by atoms with Gasteiger partial charge in [0.05, 0.1) is 36.9 Å². The van der Waals surface area contributed by atoms with Crippen molar-refractivity contribution in [2.24, 2.45) is 29.6 Å². The van der Waals surface area contributed by atoms with Crippen molar-refractivity contribution in [3.05, 3.63) is 59.3 Å². The van der Waals surface area contributed by atoms with Crippen LogP contribution in [-0.4, -0.2) is 68.7 Å². The second-order valence-corrected chi connectivity index (χ2v) is 13.7. The molecule has 0 aromatic carbocycles. The van der Waals surface area contributed by atoms with Gasteiger partial charge in [-0.1, -0.05) is 70.6 Å². The van der Waals surface area contributed by atoms with Gasteiger partial charge in [-0.2, -0.15) is 0 Å². The van der Waals surface area contributed by atoms with Crippen molar-refractivity contribution in [3.8, 4) is 0 Å². The Morgan fingerprint density at radius 3 is 2.57 bits per heavy atom. The van der Waals surface area contributed by atoms with Crippen LogP contribution in [-0.2, 0) is 33.2 Å². The predicted molar refractivity (Wildman–Crippen MR) is 171 cm³/mol. The van der Waals surface area contributed by atoms with E-state index in [0.29, 0.717) is 38.4 Å². The lowest BCUT2D eigenvalue weighted by Gasteiger charge is -2.48. The number of esters is 1. The molecule has 2 unspecified atom stereocenters. The number of allylic oxidation sites excluding steroid dienone is 2. The first kappa shape index (κ1) is 33.3. The summed E-state index contributed by atoms with van der Waals surface area (Å²) in [6.07, 6.45) is 16.8. The molecule has 0 N–H and O–H groups in total. The molecule has 44 heavy (non-hydrogen) atoms. The first-order chi connectivity index (χ1) is 21.1. The summed E-state index contributed by atoms with van der Waals surface area (Å²) in [6.45, 7) is 16.1. The highest BCUT2D eigenvalue weighted by Gasteiger charge is 2.51. The number of carbonyl (C=O) groups is 1. The zero-order chi connectivity index (χ0) is 31.6. The lowest BCUT2D eigenvalue weighted by Crippen LogP contribution is -2.53. The van der Waals surface area contributed by atoms with Gasteiger partial charge in [-0.05, 0) is 55.9 Å². The Bertz CT molecular complexity index is 1180. The molecule has 7 nitrogen and oxygen atoms in total. The smallest absolute Gasteiger partial charge is 0.313 e. The average Bonchev–Trinajstić information content (AvgIpc) is 3.42. The van der Waals surface area contributed by atoms with E-state index in [2.05, 4.69) is 71.1 Å². The predicted octanol–water partition coefficient (Wildman–Crippen LogP) is 6.89. The van der Waals surface area contributed by atoms with Crippen LogP contribution in [0.3, 0.4) is 0 Å². The fourth-order valence-electron chi connectivity index (χ4n) is 7.90. The third-order valence-electron chi connectivity index (χ3n) is 10.4. The van der Waals surface area contributed by atoms with Crippen LogP contribution in [0.2, 0.25) is 0 Å². The molecular formula is C37H54O7. The zero-order valence-electron chi connectivity index (χ0n) is 28.0. The Morgan fingerprint density at radius 2 is 1.84 bits per heavy atom. The van der Waals surface area contributed by atoms with E-state index in [-0.39, 0.29) is 60.3 Å². The number of methoxy groups -OCH3 is 1. The monoisotopic (exact) mass is 610 g/mol. The van der Waals surface area contributed by atoms with E-state index < -0.39 is 11.7 Å². The van der Waals surface area contributed by atoms with Crippen LogP contribution in [0.4, 0.5) is 0 Å². The molecule has 1 spiro atoms. The van der Waals surface area contributed by atoms with Gasteiger partial charge in [-0.25, -0.2) is 0 Å². The van der Waals surface area contributed by atoms with Gasteiger partial charge in [0.15, 0.2) is 5.79 Å². The quantitative estimate of drug-likeness (QED) is 0.248. The van der Waals surface area contributed by atoms with Crippen molar-refractivity contribution in [3.63, 3.8) is 0 Å². The molecule has 0 amide bonds. The number of hydrogen-bond donors (Lipinski definition) is 0. The molecule has 2 bridgehead atoms. The van der Waals surface area contributed by atoms with Crippen molar-refractivity contribution >= 4 is 5.97 Å². The molecular weight excluding hydrogens is 556 g/mol. The first-order valence-electron chi connectivity index (χ1n) is 16.8. The van der Waals surface area contributed by atoms with Crippen molar-refractivity contribution in [2.45, 2.75) is 117 Å². The van der Waals surface area contributed by atoms with Gasteiger partial charge in [0.1, 0.15) is 12.2 Å². The van der Waals surface area contributed by atoms with Gasteiger partial charge in [-0.15, -0.1) is 0 Å². The number of fused-ring (bicyclic) bond motifs is 2. The summed E-state index contributed by atoms with van der Waals surface area (Å²) in [4.78, 5) is 14.1. The second kappa shape index (κ2) is 14.2. The fraction of sp³-hybridized carbons (Fsp3) is 0.703. The highest BCUT2D eigenvalue weighted by Crippen LogP contribution is 2.45. The highest BCUT2D eigenvalue weighted by atomic mass is 16.7. The van der Waals surface area contributed by atoms with Gasteiger partial charge in [0.2, 0.25) is 0 Å². The van der Waals surface area contributed by atoms with Crippen LogP contribution < -0.4 is 0 Å². The molecule has 5 aliphatic rings. The van der Waals surface area contributed by atoms with Crippen molar-refractivity contribution in [2.75, 3.05) is 20.3 Å². The maximum atomic E-state index is 14.1. The molecule has 0 aromatic heterocycles. The molecule has 0 aromatic rings. The van der Waals surface area contributed by atoms with E-state index in [1.807, 2.05) is 19.9 Å². The third-order valence-corrected chi connectivity index (χ3v) is 10.4. The molecule has 4 aliphatic heterocycles. The van der Waals surface area contributed by atoms with E-state index in [4.69, 9.17) is 28.4 Å². The molecule has 5 rings (SSSR count). The maximum absolute atomic E-state index is 14.1. The van der Waals surface area contributed by atoms with E-state index >= 15 is 0 Å². The lowest BCUT2D eigenvalue weighted by atomic mass is 9.74. The van der Waals surface area contributed by atoms with Crippen LogP contribution in [0.25, 0.3) is 0 Å². The van der Waals surface area contributed by atoms with Gasteiger partial charge in [0.25, 0.3) is 0 Å². The summed E-state index contributed by atoms with van der Waals surface area (Å²) < 4.78 is 38.5. The van der Waals surface area contributed by atoms with Crippen LogP contribution >= 0.6 is 0 Å². The summed E-state index contributed by atoms with van der Waals surface area (Å²) >= 11 is 0. The van der Waals surface area contributed by atoms with Crippen molar-refractivity contribution < 1.29 is 33.2 Å². The molecule has 7 heteroatoms. The Labute approximate surface area is 264 Å². The largest absolute Gasteiger partial charge is 0.462 e. The second-order valence-electron chi connectivity index (χ2n) is 13.7. The number of rotatable bonds is 5. The summed E-state index contributed by atoms with van der Waals surface area (Å²) in [7, 11) is 1.71. The third kappa shape index (κ3) is 6.87. The Kier molecular flexibility index (Phi) is 10.7. The van der Waals surface area contributed by atoms with Crippen LogP contribution in [0, 0.1) is 29.6 Å². The fourth-order valence-corrected chi connectivity index (χ4v) is 7.90. The maximum Gasteiger partial charge on any atom is 0.313 e.